The van der Waals surface area contributed by atoms with E-state index >= 15 is 0 Å². The molecule has 32 heavy (non-hydrogen) atoms. The number of rotatable bonds is 5. The summed E-state index contributed by atoms with van der Waals surface area (Å²) in [5.74, 6) is 0.687. The third kappa shape index (κ3) is 5.06. The smallest absolute Gasteiger partial charge is 0.277 e. The first-order chi connectivity index (χ1) is 15.3. The molecule has 168 valence electrons. The average molecular weight is 599 g/mol. The molecular formula is C24H23Br2ClN2O2S. The van der Waals surface area contributed by atoms with Crippen LogP contribution in [0.1, 0.15) is 43.2 Å². The molecule has 2 aromatic rings. The van der Waals surface area contributed by atoms with Crippen LogP contribution in [-0.2, 0) is 11.4 Å². The van der Waals surface area contributed by atoms with Crippen LogP contribution in [-0.4, -0.2) is 33.9 Å². The zero-order chi connectivity index (χ0) is 22.8. The molecule has 0 N–H and O–H groups in total. The molecule has 1 heterocycles. The fraction of sp³-hybridized carbons (Fsp3) is 0.333. The Hall–Kier alpha value is -1.41. The van der Waals surface area contributed by atoms with Gasteiger partial charge in [-0.3, -0.25) is 9.69 Å². The van der Waals surface area contributed by atoms with Crippen molar-refractivity contribution < 1.29 is 9.53 Å². The highest BCUT2D eigenvalue weighted by atomic mass is 79.9. The number of benzene rings is 2. The van der Waals surface area contributed by atoms with Gasteiger partial charge in [0, 0.05) is 18.1 Å². The Morgan fingerprint density at radius 1 is 1.12 bits per heavy atom. The standard InChI is InChI=1S/C24H23Br2ClN2O2S/c1-28-21(23(30)29(24(28)32)18-5-3-2-4-6-18)13-16-11-19(25)22(20(26)12-16)31-14-15-7-9-17(27)10-8-15/h7-13,18H,2-6,14H2,1H3/b21-13-. The van der Waals surface area contributed by atoms with Gasteiger partial charge in [0.15, 0.2) is 5.11 Å². The Labute approximate surface area is 215 Å². The Morgan fingerprint density at radius 2 is 1.75 bits per heavy atom. The maximum Gasteiger partial charge on any atom is 0.277 e. The number of amides is 1. The second kappa shape index (κ2) is 10.2. The summed E-state index contributed by atoms with van der Waals surface area (Å²) >= 11 is 18.8. The zero-order valence-electron chi connectivity index (χ0n) is 17.6. The van der Waals surface area contributed by atoms with Gasteiger partial charge < -0.3 is 9.64 Å². The number of thiocarbonyl (C=S) groups is 1. The molecule has 2 fully saturated rings. The Morgan fingerprint density at radius 3 is 2.38 bits per heavy atom. The van der Waals surface area contributed by atoms with Gasteiger partial charge in [-0.2, -0.15) is 0 Å². The molecule has 0 spiro atoms. The fourth-order valence-electron chi connectivity index (χ4n) is 4.13. The van der Waals surface area contributed by atoms with Crippen LogP contribution >= 0.6 is 55.7 Å². The van der Waals surface area contributed by atoms with Crippen LogP contribution < -0.4 is 4.74 Å². The lowest BCUT2D eigenvalue weighted by Gasteiger charge is -2.30. The number of hydrogen-bond donors (Lipinski definition) is 0. The van der Waals surface area contributed by atoms with Crippen LogP contribution in [0.4, 0.5) is 0 Å². The van der Waals surface area contributed by atoms with Crippen molar-refractivity contribution in [2.75, 3.05) is 7.05 Å². The molecule has 1 saturated heterocycles. The van der Waals surface area contributed by atoms with E-state index in [9.17, 15) is 4.79 Å². The zero-order valence-corrected chi connectivity index (χ0v) is 22.4. The van der Waals surface area contributed by atoms with Gasteiger partial charge in [0.05, 0.1) is 8.95 Å². The molecule has 1 aliphatic carbocycles. The molecule has 4 rings (SSSR count). The molecule has 1 saturated carbocycles. The summed E-state index contributed by atoms with van der Waals surface area (Å²) in [7, 11) is 1.86. The largest absolute Gasteiger partial charge is 0.487 e. The van der Waals surface area contributed by atoms with Gasteiger partial charge in [0.2, 0.25) is 0 Å². The van der Waals surface area contributed by atoms with Gasteiger partial charge in [-0.25, -0.2) is 0 Å². The van der Waals surface area contributed by atoms with Gasteiger partial charge >= 0.3 is 0 Å². The second-order valence-electron chi connectivity index (χ2n) is 8.07. The second-order valence-corrected chi connectivity index (χ2v) is 10.6. The maximum absolute atomic E-state index is 13.2. The molecule has 2 aromatic carbocycles. The number of ether oxygens (including phenoxy) is 1. The van der Waals surface area contributed by atoms with Crippen molar-refractivity contribution in [3.05, 3.63) is 67.2 Å². The van der Waals surface area contributed by atoms with Crippen LogP contribution in [0.15, 0.2) is 51.0 Å². The molecule has 0 atom stereocenters. The Bertz CT molecular complexity index is 1050. The first-order valence-corrected chi connectivity index (χ1v) is 12.9. The van der Waals surface area contributed by atoms with E-state index in [1.165, 1.54) is 6.42 Å². The van der Waals surface area contributed by atoms with Gasteiger partial charge in [0.1, 0.15) is 18.1 Å². The first-order valence-electron chi connectivity index (χ1n) is 10.5. The van der Waals surface area contributed by atoms with Gasteiger partial charge in [-0.15, -0.1) is 0 Å². The lowest BCUT2D eigenvalue weighted by Crippen LogP contribution is -2.41. The van der Waals surface area contributed by atoms with E-state index in [0.717, 1.165) is 45.8 Å². The summed E-state index contributed by atoms with van der Waals surface area (Å²) in [6.45, 7) is 0.417. The summed E-state index contributed by atoms with van der Waals surface area (Å²) < 4.78 is 7.61. The molecule has 0 aromatic heterocycles. The monoisotopic (exact) mass is 596 g/mol. The van der Waals surface area contributed by atoms with Crippen molar-refractivity contribution in [1.82, 2.24) is 9.80 Å². The summed E-state index contributed by atoms with van der Waals surface area (Å²) in [6.07, 6.45) is 7.45. The molecule has 0 bridgehead atoms. The van der Waals surface area contributed by atoms with E-state index in [-0.39, 0.29) is 11.9 Å². The lowest BCUT2D eigenvalue weighted by atomic mass is 9.94. The van der Waals surface area contributed by atoms with Crippen molar-refractivity contribution in [3.63, 3.8) is 0 Å². The van der Waals surface area contributed by atoms with Crippen LogP contribution in [0.3, 0.4) is 0 Å². The minimum absolute atomic E-state index is 0.0142. The van der Waals surface area contributed by atoms with E-state index in [1.54, 1.807) is 0 Å². The Balaban J connectivity index is 1.54. The van der Waals surface area contributed by atoms with Crippen LogP contribution in [0.25, 0.3) is 6.08 Å². The van der Waals surface area contributed by atoms with Crippen LogP contribution in [0, 0.1) is 0 Å². The SMILES string of the molecule is CN1C(=S)N(C2CCCCC2)C(=O)/C1=C/c1cc(Br)c(OCc2ccc(Cl)cc2)c(Br)c1. The number of carbonyl (C=O) groups excluding carboxylic acids is 1. The third-order valence-electron chi connectivity index (χ3n) is 5.85. The highest BCUT2D eigenvalue weighted by Gasteiger charge is 2.40. The summed E-state index contributed by atoms with van der Waals surface area (Å²) in [4.78, 5) is 16.9. The number of likely N-dealkylation sites (N-methyl/N-ethyl adjacent to an activating group) is 1. The molecule has 0 unspecified atom stereocenters. The van der Waals surface area contributed by atoms with Gasteiger partial charge in [0.25, 0.3) is 5.91 Å². The van der Waals surface area contributed by atoms with Crippen molar-refractivity contribution >= 4 is 72.8 Å². The number of halogens is 3. The average Bonchev–Trinajstić information content (AvgIpc) is 2.98. The summed E-state index contributed by atoms with van der Waals surface area (Å²) in [5, 5.41) is 1.29. The van der Waals surface area contributed by atoms with Crippen molar-refractivity contribution in [2.24, 2.45) is 0 Å². The molecule has 2 aliphatic rings. The Kier molecular flexibility index (Phi) is 7.60. The summed E-state index contributed by atoms with van der Waals surface area (Å²) in [6, 6.07) is 11.7. The molecule has 4 nitrogen and oxygen atoms in total. The summed E-state index contributed by atoms with van der Waals surface area (Å²) in [5.41, 5.74) is 2.49. The van der Waals surface area contributed by atoms with Crippen molar-refractivity contribution in [1.29, 1.82) is 0 Å². The van der Waals surface area contributed by atoms with Crippen molar-refractivity contribution in [2.45, 2.75) is 44.8 Å². The minimum Gasteiger partial charge on any atom is -0.487 e. The van der Waals surface area contributed by atoms with Gasteiger partial charge in [-0.1, -0.05) is 43.0 Å². The van der Waals surface area contributed by atoms with Crippen molar-refractivity contribution in [3.8, 4) is 5.75 Å². The van der Waals surface area contributed by atoms with E-state index < -0.39 is 0 Å². The number of nitrogens with zero attached hydrogens (tertiary/aromatic N) is 2. The third-order valence-corrected chi connectivity index (χ3v) is 7.75. The molecule has 1 amide bonds. The van der Waals surface area contributed by atoms with Gasteiger partial charge in [-0.05, 0) is 98.4 Å². The highest BCUT2D eigenvalue weighted by Crippen LogP contribution is 2.37. The quantitative estimate of drug-likeness (QED) is 0.270. The first kappa shape index (κ1) is 23.7. The van der Waals surface area contributed by atoms with Crippen LogP contribution in [0.5, 0.6) is 5.75 Å². The van der Waals surface area contributed by atoms with E-state index in [0.29, 0.717) is 28.2 Å². The predicted molar refractivity (Wildman–Crippen MR) is 140 cm³/mol. The normalized spacial score (nSPS) is 18.7. The molecule has 0 radical (unpaired) electrons. The molecule has 8 heteroatoms. The van der Waals surface area contributed by atoms with Crippen LogP contribution in [0.2, 0.25) is 5.02 Å². The topological polar surface area (TPSA) is 32.8 Å². The maximum atomic E-state index is 13.2. The van der Waals surface area contributed by atoms with E-state index in [2.05, 4.69) is 31.9 Å². The predicted octanol–water partition coefficient (Wildman–Crippen LogP) is 7.18. The molecule has 1 aliphatic heterocycles. The lowest BCUT2D eigenvalue weighted by molar-refractivity contribution is -0.124. The highest BCUT2D eigenvalue weighted by molar-refractivity contribution is 9.11. The fourth-order valence-corrected chi connectivity index (χ4v) is 6.04. The molecular weight excluding hydrogens is 576 g/mol. The number of hydrogen-bond acceptors (Lipinski definition) is 3. The number of carbonyl (C=O) groups is 1. The minimum atomic E-state index is -0.0142. The van der Waals surface area contributed by atoms with E-state index in [1.807, 2.05) is 59.3 Å². The van der Waals surface area contributed by atoms with E-state index in [4.69, 9.17) is 28.6 Å².